The zero-order chi connectivity index (χ0) is 18.1. The topological polar surface area (TPSA) is 47.5 Å². The van der Waals surface area contributed by atoms with Gasteiger partial charge in [-0.05, 0) is 55.7 Å². The van der Waals surface area contributed by atoms with Crippen molar-refractivity contribution in [3.8, 4) is 23.0 Å². The molecule has 1 aromatic heterocycles. The second-order valence-electron chi connectivity index (χ2n) is 7.49. The van der Waals surface area contributed by atoms with Crippen LogP contribution >= 0.6 is 0 Å². The zero-order valence-corrected chi connectivity index (χ0v) is 15.8. The van der Waals surface area contributed by atoms with Crippen LogP contribution in [0.3, 0.4) is 0 Å². The van der Waals surface area contributed by atoms with Crippen LogP contribution < -0.4 is 9.47 Å². The predicted molar refractivity (Wildman–Crippen MR) is 102 cm³/mol. The van der Waals surface area contributed by atoms with Crippen molar-refractivity contribution in [2.24, 2.45) is 5.92 Å². The second-order valence-corrected chi connectivity index (χ2v) is 7.49. The molecule has 5 heteroatoms. The third-order valence-corrected chi connectivity index (χ3v) is 5.84. The standard InChI is InChI=1S/C21H27N3O2/c1-14-5-4-10-24(14)13-17-11-18(17)15-6-8-16(9-7-15)19-12-22-21(26-3)23-20(19)25-2/h6-9,12,14,17-18H,4-5,10-11,13H2,1-3H3/t14-,17-,18-/m1/s1. The maximum absolute atomic E-state index is 5.40. The Morgan fingerprint density at radius 2 is 1.96 bits per heavy atom. The molecule has 138 valence electrons. The van der Waals surface area contributed by atoms with Crippen molar-refractivity contribution in [2.45, 2.75) is 38.1 Å². The van der Waals surface area contributed by atoms with E-state index in [1.807, 2.05) is 0 Å². The molecule has 0 bridgehead atoms. The van der Waals surface area contributed by atoms with E-state index in [0.29, 0.717) is 17.8 Å². The molecule has 0 spiro atoms. The lowest BCUT2D eigenvalue weighted by molar-refractivity contribution is 0.256. The molecule has 2 aromatic rings. The third kappa shape index (κ3) is 3.40. The molecule has 0 radical (unpaired) electrons. The van der Waals surface area contributed by atoms with Crippen LogP contribution in [0.25, 0.3) is 11.1 Å². The smallest absolute Gasteiger partial charge is 0.319 e. The third-order valence-electron chi connectivity index (χ3n) is 5.84. The van der Waals surface area contributed by atoms with Crippen molar-refractivity contribution in [3.05, 3.63) is 36.0 Å². The van der Waals surface area contributed by atoms with E-state index in [9.17, 15) is 0 Å². The van der Waals surface area contributed by atoms with Gasteiger partial charge in [-0.2, -0.15) is 4.98 Å². The number of methoxy groups -OCH3 is 2. The lowest BCUT2D eigenvalue weighted by Gasteiger charge is -2.20. The maximum Gasteiger partial charge on any atom is 0.319 e. The summed E-state index contributed by atoms with van der Waals surface area (Å²) >= 11 is 0. The first-order valence-corrected chi connectivity index (χ1v) is 9.49. The van der Waals surface area contributed by atoms with Gasteiger partial charge in [-0.3, -0.25) is 0 Å². The Kier molecular flexibility index (Phi) is 4.81. The van der Waals surface area contributed by atoms with Crippen LogP contribution in [0.15, 0.2) is 30.5 Å². The van der Waals surface area contributed by atoms with Gasteiger partial charge in [0.2, 0.25) is 5.88 Å². The monoisotopic (exact) mass is 353 g/mol. The Morgan fingerprint density at radius 3 is 2.62 bits per heavy atom. The number of likely N-dealkylation sites (tertiary alicyclic amines) is 1. The Morgan fingerprint density at radius 1 is 1.15 bits per heavy atom. The lowest BCUT2D eigenvalue weighted by Crippen LogP contribution is -2.29. The molecule has 2 aliphatic rings. The highest BCUT2D eigenvalue weighted by molar-refractivity contribution is 5.68. The van der Waals surface area contributed by atoms with Gasteiger partial charge in [0.15, 0.2) is 0 Å². The summed E-state index contributed by atoms with van der Waals surface area (Å²) in [6.45, 7) is 4.90. The van der Waals surface area contributed by atoms with E-state index in [-0.39, 0.29) is 0 Å². The van der Waals surface area contributed by atoms with E-state index < -0.39 is 0 Å². The Balaban J connectivity index is 1.45. The second kappa shape index (κ2) is 7.23. The number of hydrogen-bond donors (Lipinski definition) is 0. The van der Waals surface area contributed by atoms with Gasteiger partial charge in [0.05, 0.1) is 19.8 Å². The van der Waals surface area contributed by atoms with E-state index in [0.717, 1.165) is 23.1 Å². The van der Waals surface area contributed by atoms with Crippen molar-refractivity contribution < 1.29 is 9.47 Å². The van der Waals surface area contributed by atoms with Crippen LogP contribution in [0.4, 0.5) is 0 Å². The number of nitrogens with zero attached hydrogens (tertiary/aromatic N) is 3. The molecule has 4 rings (SSSR count). The molecule has 1 saturated carbocycles. The van der Waals surface area contributed by atoms with Gasteiger partial charge in [0, 0.05) is 18.8 Å². The van der Waals surface area contributed by atoms with E-state index in [2.05, 4.69) is 46.1 Å². The number of rotatable bonds is 6. The quantitative estimate of drug-likeness (QED) is 0.791. The summed E-state index contributed by atoms with van der Waals surface area (Å²) in [5.41, 5.74) is 3.40. The molecule has 0 N–H and O–H groups in total. The largest absolute Gasteiger partial charge is 0.480 e. The summed E-state index contributed by atoms with van der Waals surface area (Å²) in [6.07, 6.45) is 5.79. The van der Waals surface area contributed by atoms with Gasteiger partial charge in [-0.15, -0.1) is 0 Å². The number of ether oxygens (including phenoxy) is 2. The molecular weight excluding hydrogens is 326 g/mol. The van der Waals surface area contributed by atoms with Crippen LogP contribution in [0.1, 0.15) is 37.7 Å². The fourth-order valence-corrected chi connectivity index (χ4v) is 4.14. The Bertz CT molecular complexity index is 762. The Hall–Kier alpha value is -2.14. The predicted octanol–water partition coefficient (Wildman–Crippen LogP) is 3.75. The van der Waals surface area contributed by atoms with Crippen molar-refractivity contribution in [3.63, 3.8) is 0 Å². The van der Waals surface area contributed by atoms with Gasteiger partial charge >= 0.3 is 6.01 Å². The highest BCUT2D eigenvalue weighted by atomic mass is 16.5. The van der Waals surface area contributed by atoms with Gasteiger partial charge < -0.3 is 14.4 Å². The zero-order valence-electron chi connectivity index (χ0n) is 15.8. The lowest BCUT2D eigenvalue weighted by atomic mass is 10.0. The minimum atomic E-state index is 0.319. The summed E-state index contributed by atoms with van der Waals surface area (Å²) in [6, 6.07) is 9.88. The van der Waals surface area contributed by atoms with Crippen LogP contribution in [0.5, 0.6) is 11.9 Å². The molecule has 1 aliphatic carbocycles. The highest BCUT2D eigenvalue weighted by Gasteiger charge is 2.40. The molecule has 0 amide bonds. The maximum atomic E-state index is 5.40. The summed E-state index contributed by atoms with van der Waals surface area (Å²) in [4.78, 5) is 11.1. The number of benzene rings is 1. The average molecular weight is 353 g/mol. The molecule has 2 heterocycles. The van der Waals surface area contributed by atoms with Crippen LogP contribution in [0, 0.1) is 5.92 Å². The van der Waals surface area contributed by atoms with E-state index in [1.165, 1.54) is 37.9 Å². The Labute approximate surface area is 155 Å². The summed E-state index contributed by atoms with van der Waals surface area (Å²) in [5, 5.41) is 0. The van der Waals surface area contributed by atoms with Crippen molar-refractivity contribution in [1.29, 1.82) is 0 Å². The molecule has 26 heavy (non-hydrogen) atoms. The van der Waals surface area contributed by atoms with Crippen LogP contribution in [-0.2, 0) is 0 Å². The SMILES string of the molecule is COc1ncc(-c2ccc([C@H]3C[C@@H]3CN3CCC[C@H]3C)cc2)c(OC)n1. The number of hydrogen-bond acceptors (Lipinski definition) is 5. The van der Waals surface area contributed by atoms with Gasteiger partial charge in [0.1, 0.15) is 0 Å². The highest BCUT2D eigenvalue weighted by Crippen LogP contribution is 2.48. The molecule has 3 atom stereocenters. The molecule has 1 saturated heterocycles. The first-order valence-electron chi connectivity index (χ1n) is 9.49. The first-order chi connectivity index (χ1) is 12.7. The van der Waals surface area contributed by atoms with Gasteiger partial charge in [-0.25, -0.2) is 4.98 Å². The van der Waals surface area contributed by atoms with E-state index in [1.54, 1.807) is 20.4 Å². The van der Waals surface area contributed by atoms with Crippen LogP contribution in [-0.4, -0.2) is 48.2 Å². The normalized spacial score (nSPS) is 25.3. The first kappa shape index (κ1) is 17.3. The minimum Gasteiger partial charge on any atom is -0.480 e. The summed E-state index contributed by atoms with van der Waals surface area (Å²) in [7, 11) is 3.17. The fourth-order valence-electron chi connectivity index (χ4n) is 4.14. The van der Waals surface area contributed by atoms with Crippen LogP contribution in [0.2, 0.25) is 0 Å². The molecule has 5 nitrogen and oxygen atoms in total. The molecule has 1 aromatic carbocycles. The fraction of sp³-hybridized carbons (Fsp3) is 0.524. The van der Waals surface area contributed by atoms with E-state index >= 15 is 0 Å². The van der Waals surface area contributed by atoms with Crippen molar-refractivity contribution in [1.82, 2.24) is 14.9 Å². The summed E-state index contributed by atoms with van der Waals surface area (Å²) < 4.78 is 10.5. The van der Waals surface area contributed by atoms with Crippen molar-refractivity contribution in [2.75, 3.05) is 27.3 Å². The molecular formula is C21H27N3O2. The summed E-state index contributed by atoms with van der Waals surface area (Å²) in [5.74, 6) is 2.07. The van der Waals surface area contributed by atoms with Gasteiger partial charge in [-0.1, -0.05) is 24.3 Å². The minimum absolute atomic E-state index is 0.319. The van der Waals surface area contributed by atoms with E-state index in [4.69, 9.17) is 9.47 Å². The van der Waals surface area contributed by atoms with Gasteiger partial charge in [0.25, 0.3) is 0 Å². The molecule has 2 fully saturated rings. The van der Waals surface area contributed by atoms with Crippen molar-refractivity contribution >= 4 is 0 Å². The average Bonchev–Trinajstić information content (AvgIpc) is 3.34. The molecule has 0 unspecified atom stereocenters. The number of aromatic nitrogens is 2. The molecule has 1 aliphatic heterocycles.